The zero-order chi connectivity index (χ0) is 24.8. The molecule has 1 N–H and O–H groups in total. The lowest BCUT2D eigenvalue weighted by molar-refractivity contribution is -0.0436. The number of nitrogens with zero attached hydrogens (tertiary/aromatic N) is 4. The van der Waals surface area contributed by atoms with Crippen LogP contribution in [0.25, 0.3) is 16.6 Å². The van der Waals surface area contributed by atoms with Gasteiger partial charge >= 0.3 is 11.2 Å². The van der Waals surface area contributed by atoms with E-state index in [1.807, 2.05) is 37.2 Å². The van der Waals surface area contributed by atoms with Crippen molar-refractivity contribution in [3.63, 3.8) is 0 Å². The number of hydrogen-bond donors (Lipinski definition) is 1. The van der Waals surface area contributed by atoms with Gasteiger partial charge in [-0.05, 0) is 48.0 Å². The molecule has 0 aliphatic carbocycles. The molecule has 0 bridgehead atoms. The fraction of sp³-hybridized carbons (Fsp3) is 0.182. The summed E-state index contributed by atoms with van der Waals surface area (Å²) in [5.74, 6) is -0.454. The molecule has 0 aliphatic heterocycles. The van der Waals surface area contributed by atoms with Gasteiger partial charge in [0.25, 0.3) is 9.84 Å². The van der Waals surface area contributed by atoms with Crippen LogP contribution >= 0.6 is 0 Å². The molecule has 0 saturated heterocycles. The van der Waals surface area contributed by atoms with Crippen molar-refractivity contribution >= 4 is 26.4 Å². The number of pyridine rings is 1. The van der Waals surface area contributed by atoms with Gasteiger partial charge in [-0.25, -0.2) is 17.8 Å². The fourth-order valence-corrected chi connectivity index (χ4v) is 4.30. The molecular formula is C22H19F3N4O4S. The lowest BCUT2D eigenvalue weighted by Crippen LogP contribution is -2.24. The molecule has 4 rings (SSSR count). The number of alkyl halides is 3. The molecule has 2 heterocycles. The van der Waals surface area contributed by atoms with E-state index in [2.05, 4.69) is 4.98 Å². The highest BCUT2D eigenvalue weighted by Crippen LogP contribution is 2.31. The van der Waals surface area contributed by atoms with Crippen LogP contribution in [-0.2, 0) is 16.4 Å². The number of sulfone groups is 1. The second-order valence-corrected chi connectivity index (χ2v) is 9.68. The predicted octanol–water partition coefficient (Wildman–Crippen LogP) is 3.30. The van der Waals surface area contributed by atoms with E-state index in [1.54, 1.807) is 12.3 Å². The second-order valence-electron chi connectivity index (χ2n) is 7.74. The number of aromatic hydroxyl groups is 1. The predicted molar refractivity (Wildman–Crippen MR) is 120 cm³/mol. The molecule has 2 aromatic heterocycles. The van der Waals surface area contributed by atoms with Gasteiger partial charge in [-0.15, -0.1) is 0 Å². The van der Waals surface area contributed by atoms with E-state index in [4.69, 9.17) is 0 Å². The monoisotopic (exact) mass is 492 g/mol. The zero-order valence-electron chi connectivity index (χ0n) is 18.0. The average molecular weight is 492 g/mol. The number of anilines is 1. The summed E-state index contributed by atoms with van der Waals surface area (Å²) in [6.45, 7) is 0.0975. The van der Waals surface area contributed by atoms with Gasteiger partial charge in [0.05, 0.1) is 28.8 Å². The number of benzene rings is 2. The van der Waals surface area contributed by atoms with Crippen molar-refractivity contribution in [2.24, 2.45) is 0 Å². The lowest BCUT2D eigenvalue weighted by atomic mass is 10.1. The Morgan fingerprint density at radius 2 is 1.74 bits per heavy atom. The van der Waals surface area contributed by atoms with Gasteiger partial charge in [-0.1, -0.05) is 6.07 Å². The second kappa shape index (κ2) is 8.20. The number of imidazole rings is 1. The normalized spacial score (nSPS) is 12.3. The minimum Gasteiger partial charge on any atom is -0.493 e. The minimum absolute atomic E-state index is 0.0117. The van der Waals surface area contributed by atoms with Crippen LogP contribution in [-0.4, -0.2) is 47.2 Å². The fourth-order valence-electron chi connectivity index (χ4n) is 3.54. The molecule has 0 fully saturated rings. The summed E-state index contributed by atoms with van der Waals surface area (Å²) in [5.41, 5.74) is -3.65. The van der Waals surface area contributed by atoms with Crippen LogP contribution < -0.4 is 10.6 Å². The molecule has 34 heavy (non-hydrogen) atoms. The summed E-state index contributed by atoms with van der Waals surface area (Å²) in [7, 11) is -1.72. The molecule has 8 nitrogen and oxygen atoms in total. The maximum absolute atomic E-state index is 13.0. The van der Waals surface area contributed by atoms with Crippen LogP contribution in [0.2, 0.25) is 0 Å². The maximum atomic E-state index is 13.0. The Hall–Kier alpha value is -3.80. The third-order valence-electron chi connectivity index (χ3n) is 5.32. The summed E-state index contributed by atoms with van der Waals surface area (Å²) < 4.78 is 63.5. The van der Waals surface area contributed by atoms with Crippen LogP contribution in [0.5, 0.6) is 5.88 Å². The van der Waals surface area contributed by atoms with E-state index < -0.39 is 31.8 Å². The van der Waals surface area contributed by atoms with Crippen LogP contribution in [0.15, 0.2) is 70.6 Å². The summed E-state index contributed by atoms with van der Waals surface area (Å²) in [4.78, 5) is 18.3. The molecule has 2 aromatic carbocycles. The SMILES string of the molecule is CN(C)c1ccc2c(Cn3cc(O)n(-c4ccc(S(=O)(=O)C(F)(F)F)cc4)c3=O)ccnc2c1. The molecule has 0 radical (unpaired) electrons. The smallest absolute Gasteiger partial charge is 0.493 e. The molecular weight excluding hydrogens is 473 g/mol. The third kappa shape index (κ3) is 4.00. The molecule has 0 amide bonds. The van der Waals surface area contributed by atoms with Crippen LogP contribution in [0, 0.1) is 0 Å². The summed E-state index contributed by atoms with van der Waals surface area (Å²) in [6.07, 6.45) is 2.81. The van der Waals surface area contributed by atoms with Gasteiger partial charge in [0.2, 0.25) is 5.88 Å². The molecule has 0 aliphatic rings. The molecule has 0 atom stereocenters. The molecule has 0 spiro atoms. The summed E-state index contributed by atoms with van der Waals surface area (Å²) >= 11 is 0. The summed E-state index contributed by atoms with van der Waals surface area (Å²) in [5, 5.41) is 11.2. The minimum atomic E-state index is -5.52. The van der Waals surface area contributed by atoms with Crippen LogP contribution in [0.1, 0.15) is 5.56 Å². The maximum Gasteiger partial charge on any atom is 0.501 e. The van der Waals surface area contributed by atoms with Gasteiger partial charge in [0.15, 0.2) is 0 Å². The van der Waals surface area contributed by atoms with Crippen molar-refractivity contribution in [1.82, 2.24) is 14.1 Å². The molecule has 0 unspecified atom stereocenters. The van der Waals surface area contributed by atoms with Crippen molar-refractivity contribution in [1.29, 1.82) is 0 Å². The van der Waals surface area contributed by atoms with Gasteiger partial charge in [0, 0.05) is 31.4 Å². The highest BCUT2D eigenvalue weighted by Gasteiger charge is 2.46. The van der Waals surface area contributed by atoms with Gasteiger partial charge < -0.3 is 10.0 Å². The molecule has 0 saturated carbocycles. The van der Waals surface area contributed by atoms with E-state index in [9.17, 15) is 31.5 Å². The van der Waals surface area contributed by atoms with Crippen molar-refractivity contribution in [2.75, 3.05) is 19.0 Å². The first-order chi connectivity index (χ1) is 15.9. The highest BCUT2D eigenvalue weighted by atomic mass is 32.2. The highest BCUT2D eigenvalue weighted by molar-refractivity contribution is 7.92. The molecule has 178 valence electrons. The third-order valence-corrected chi connectivity index (χ3v) is 6.82. The van der Waals surface area contributed by atoms with Gasteiger partial charge in [0.1, 0.15) is 0 Å². The first-order valence-electron chi connectivity index (χ1n) is 9.88. The van der Waals surface area contributed by atoms with Crippen LogP contribution in [0.4, 0.5) is 18.9 Å². The Kier molecular flexibility index (Phi) is 5.64. The standard InChI is InChI=1S/C22H19F3N4O4S/c1-27(2)16-5-8-18-14(9-10-26-19(18)11-16)12-28-13-20(30)29(21(28)31)15-3-6-17(7-4-15)34(32,33)22(23,24)25/h3-11,13,30H,12H2,1-2H3. The first-order valence-corrected chi connectivity index (χ1v) is 11.4. The Morgan fingerprint density at radius 3 is 2.35 bits per heavy atom. The quantitative estimate of drug-likeness (QED) is 0.459. The first kappa shape index (κ1) is 23.4. The number of halogens is 3. The van der Waals surface area contributed by atoms with E-state index >= 15 is 0 Å². The Morgan fingerprint density at radius 1 is 1.06 bits per heavy atom. The zero-order valence-corrected chi connectivity index (χ0v) is 18.8. The van der Waals surface area contributed by atoms with Crippen molar-refractivity contribution in [2.45, 2.75) is 16.9 Å². The topological polar surface area (TPSA) is 97.4 Å². The Labute approximate surface area is 192 Å². The van der Waals surface area contributed by atoms with Gasteiger partial charge in [-0.3, -0.25) is 9.55 Å². The number of fused-ring (bicyclic) bond motifs is 1. The number of rotatable bonds is 5. The van der Waals surface area contributed by atoms with Crippen molar-refractivity contribution in [3.05, 3.63) is 77.0 Å². The number of aromatic nitrogens is 3. The van der Waals surface area contributed by atoms with E-state index in [0.717, 1.165) is 51.0 Å². The van der Waals surface area contributed by atoms with E-state index in [-0.39, 0.29) is 12.2 Å². The Bertz CT molecular complexity index is 1540. The van der Waals surface area contributed by atoms with Crippen molar-refractivity contribution in [3.8, 4) is 11.6 Å². The van der Waals surface area contributed by atoms with Crippen LogP contribution in [0.3, 0.4) is 0 Å². The largest absolute Gasteiger partial charge is 0.501 e. The van der Waals surface area contributed by atoms with E-state index in [0.29, 0.717) is 0 Å². The van der Waals surface area contributed by atoms with Crippen molar-refractivity contribution < 1.29 is 26.7 Å². The Balaban J connectivity index is 1.70. The summed E-state index contributed by atoms with van der Waals surface area (Å²) in [6, 6.07) is 11.0. The molecule has 4 aromatic rings. The average Bonchev–Trinajstić information content (AvgIpc) is 3.05. The lowest BCUT2D eigenvalue weighted by Gasteiger charge is -2.14. The van der Waals surface area contributed by atoms with Gasteiger partial charge in [-0.2, -0.15) is 13.2 Å². The molecule has 12 heteroatoms. The number of hydrogen-bond acceptors (Lipinski definition) is 6. The van der Waals surface area contributed by atoms with E-state index in [1.165, 1.54) is 10.8 Å².